The summed E-state index contributed by atoms with van der Waals surface area (Å²) in [4.78, 5) is 15.6. The minimum Gasteiger partial charge on any atom is -0.476 e. The van der Waals surface area contributed by atoms with Crippen molar-refractivity contribution >= 4 is 5.97 Å². The van der Waals surface area contributed by atoms with Crippen molar-refractivity contribution in [3.63, 3.8) is 0 Å². The van der Waals surface area contributed by atoms with E-state index < -0.39 is 12.1 Å². The number of carboxylic acids is 1. The lowest BCUT2D eigenvalue weighted by Crippen LogP contribution is -2.23. The van der Waals surface area contributed by atoms with Gasteiger partial charge in [0.2, 0.25) is 0 Å². The largest absolute Gasteiger partial charge is 0.476 e. The summed E-state index contributed by atoms with van der Waals surface area (Å²) in [6, 6.07) is 9.29. The van der Waals surface area contributed by atoms with Gasteiger partial charge in [-0.2, -0.15) is 0 Å². The summed E-state index contributed by atoms with van der Waals surface area (Å²) in [5.41, 5.74) is 1.44. The van der Waals surface area contributed by atoms with Gasteiger partial charge in [0.25, 0.3) is 0 Å². The maximum atomic E-state index is 11.5. The zero-order valence-corrected chi connectivity index (χ0v) is 12.4. The number of nitrogens with zero attached hydrogens (tertiary/aromatic N) is 2. The first-order valence-corrected chi connectivity index (χ1v) is 7.72. The number of aromatic carboxylic acids is 1. The summed E-state index contributed by atoms with van der Waals surface area (Å²) in [5, 5.41) is 19.8. The summed E-state index contributed by atoms with van der Waals surface area (Å²) in [6.45, 7) is 0. The predicted octanol–water partition coefficient (Wildman–Crippen LogP) is 3.11. The number of hydrogen-bond donors (Lipinski definition) is 2. The number of aromatic nitrogens is 2. The standard InChI is InChI=1S/C17H20N2O3/c20-14-10-6-2-5-9-13(14)19-11-18-15(17(21)22)16(19)12-7-3-1-4-8-12/h1,3-4,7-8,11,13-14,20H,2,5-6,9-10H2,(H,21,22)/t13-,14-/m0/s1. The number of benzene rings is 1. The van der Waals surface area contributed by atoms with Gasteiger partial charge in [0, 0.05) is 5.56 Å². The molecule has 116 valence electrons. The molecule has 2 N–H and O–H groups in total. The topological polar surface area (TPSA) is 75.3 Å². The molecule has 0 radical (unpaired) electrons. The van der Waals surface area contributed by atoms with E-state index in [1.165, 1.54) is 0 Å². The highest BCUT2D eigenvalue weighted by atomic mass is 16.4. The Balaban J connectivity index is 2.10. The van der Waals surface area contributed by atoms with Gasteiger partial charge in [-0.05, 0) is 12.8 Å². The summed E-state index contributed by atoms with van der Waals surface area (Å²) < 4.78 is 1.86. The van der Waals surface area contributed by atoms with Crippen molar-refractivity contribution in [2.75, 3.05) is 0 Å². The molecule has 5 heteroatoms. The van der Waals surface area contributed by atoms with Crippen LogP contribution in [0.1, 0.15) is 48.6 Å². The molecule has 0 amide bonds. The minimum absolute atomic E-state index is 0.0441. The van der Waals surface area contributed by atoms with Crippen molar-refractivity contribution in [1.82, 2.24) is 9.55 Å². The Kier molecular flexibility index (Phi) is 4.24. The second-order valence-corrected chi connectivity index (χ2v) is 5.79. The van der Waals surface area contributed by atoms with E-state index in [9.17, 15) is 15.0 Å². The molecule has 1 fully saturated rings. The summed E-state index contributed by atoms with van der Waals surface area (Å²) in [6.07, 6.45) is 5.85. The number of imidazole rings is 1. The highest BCUT2D eigenvalue weighted by molar-refractivity contribution is 5.93. The van der Waals surface area contributed by atoms with E-state index in [4.69, 9.17) is 0 Å². The molecule has 3 rings (SSSR count). The smallest absolute Gasteiger partial charge is 0.356 e. The first-order chi connectivity index (χ1) is 10.7. The third-order valence-corrected chi connectivity index (χ3v) is 4.34. The van der Waals surface area contributed by atoms with Crippen LogP contribution < -0.4 is 0 Å². The Bertz CT molecular complexity index is 651. The molecule has 5 nitrogen and oxygen atoms in total. The van der Waals surface area contributed by atoms with Gasteiger partial charge in [-0.3, -0.25) is 0 Å². The summed E-state index contributed by atoms with van der Waals surface area (Å²) >= 11 is 0. The van der Waals surface area contributed by atoms with E-state index in [2.05, 4.69) is 4.98 Å². The molecule has 22 heavy (non-hydrogen) atoms. The summed E-state index contributed by atoms with van der Waals surface area (Å²) in [7, 11) is 0. The van der Waals surface area contributed by atoms with Crippen LogP contribution in [0.25, 0.3) is 11.3 Å². The van der Waals surface area contributed by atoms with Crippen LogP contribution in [0.5, 0.6) is 0 Å². The van der Waals surface area contributed by atoms with Crippen molar-refractivity contribution in [3.8, 4) is 11.3 Å². The molecule has 1 heterocycles. The van der Waals surface area contributed by atoms with Crippen LogP contribution in [0.3, 0.4) is 0 Å². The fraction of sp³-hybridized carbons (Fsp3) is 0.412. The second kappa shape index (κ2) is 6.32. The molecular weight excluding hydrogens is 280 g/mol. The molecule has 0 spiro atoms. The Morgan fingerprint density at radius 1 is 1.14 bits per heavy atom. The molecule has 1 aliphatic carbocycles. The Hall–Kier alpha value is -2.14. The molecule has 1 aliphatic rings. The lowest BCUT2D eigenvalue weighted by molar-refractivity contribution is 0.0691. The van der Waals surface area contributed by atoms with Crippen molar-refractivity contribution in [3.05, 3.63) is 42.4 Å². The van der Waals surface area contributed by atoms with Crippen molar-refractivity contribution in [1.29, 1.82) is 0 Å². The zero-order valence-electron chi connectivity index (χ0n) is 12.4. The fourth-order valence-corrected chi connectivity index (χ4v) is 3.24. The first-order valence-electron chi connectivity index (χ1n) is 7.72. The number of carboxylic acid groups (broad SMARTS) is 1. The van der Waals surface area contributed by atoms with Gasteiger partial charge in [0.05, 0.1) is 24.2 Å². The highest BCUT2D eigenvalue weighted by Crippen LogP contribution is 2.33. The maximum Gasteiger partial charge on any atom is 0.356 e. The van der Waals surface area contributed by atoms with E-state index in [1.54, 1.807) is 6.33 Å². The van der Waals surface area contributed by atoms with Crippen molar-refractivity contribution in [2.24, 2.45) is 0 Å². The van der Waals surface area contributed by atoms with E-state index in [1.807, 2.05) is 34.9 Å². The van der Waals surface area contributed by atoms with Crippen LogP contribution in [0.4, 0.5) is 0 Å². The van der Waals surface area contributed by atoms with Gasteiger partial charge in [0.1, 0.15) is 0 Å². The summed E-state index contributed by atoms with van der Waals surface area (Å²) in [5.74, 6) is -1.04. The van der Waals surface area contributed by atoms with Gasteiger partial charge in [-0.15, -0.1) is 0 Å². The highest BCUT2D eigenvalue weighted by Gasteiger charge is 2.28. The second-order valence-electron chi connectivity index (χ2n) is 5.79. The quantitative estimate of drug-likeness (QED) is 0.854. The minimum atomic E-state index is -1.04. The van der Waals surface area contributed by atoms with Crippen LogP contribution in [-0.2, 0) is 0 Å². The molecule has 2 atom stereocenters. The first kappa shape index (κ1) is 14.8. The number of carbonyl (C=O) groups is 1. The van der Waals surface area contributed by atoms with Gasteiger partial charge in [0.15, 0.2) is 5.69 Å². The third kappa shape index (κ3) is 2.76. The average Bonchev–Trinajstić information content (AvgIpc) is 2.85. The molecule has 0 unspecified atom stereocenters. The van der Waals surface area contributed by atoms with Crippen LogP contribution in [0, 0.1) is 0 Å². The molecule has 0 bridgehead atoms. The average molecular weight is 300 g/mol. The molecule has 1 aromatic heterocycles. The predicted molar refractivity (Wildman–Crippen MR) is 82.8 cm³/mol. The molecule has 2 aromatic rings. The Morgan fingerprint density at radius 2 is 1.86 bits per heavy atom. The number of aliphatic hydroxyl groups is 1. The monoisotopic (exact) mass is 300 g/mol. The van der Waals surface area contributed by atoms with Crippen LogP contribution >= 0.6 is 0 Å². The molecular formula is C17H20N2O3. The van der Waals surface area contributed by atoms with Gasteiger partial charge < -0.3 is 14.8 Å². The lowest BCUT2D eigenvalue weighted by atomic mass is 10.0. The number of rotatable bonds is 3. The number of hydrogen-bond acceptors (Lipinski definition) is 3. The fourth-order valence-electron chi connectivity index (χ4n) is 3.24. The maximum absolute atomic E-state index is 11.5. The Morgan fingerprint density at radius 3 is 2.59 bits per heavy atom. The molecule has 1 saturated carbocycles. The Labute approximate surface area is 129 Å². The van der Waals surface area contributed by atoms with Crippen molar-refractivity contribution in [2.45, 2.75) is 44.2 Å². The van der Waals surface area contributed by atoms with E-state index in [-0.39, 0.29) is 11.7 Å². The van der Waals surface area contributed by atoms with Gasteiger partial charge in [-0.1, -0.05) is 49.6 Å². The third-order valence-electron chi connectivity index (χ3n) is 4.34. The van der Waals surface area contributed by atoms with Crippen molar-refractivity contribution < 1.29 is 15.0 Å². The normalized spacial score (nSPS) is 22.2. The van der Waals surface area contributed by atoms with Crippen LogP contribution in [0.15, 0.2) is 36.7 Å². The van der Waals surface area contributed by atoms with Crippen LogP contribution in [-0.4, -0.2) is 31.8 Å². The molecule has 0 saturated heterocycles. The van der Waals surface area contributed by atoms with Gasteiger partial charge in [-0.25, -0.2) is 9.78 Å². The van der Waals surface area contributed by atoms with E-state index in [0.717, 1.165) is 37.7 Å². The van der Waals surface area contributed by atoms with Crippen LogP contribution in [0.2, 0.25) is 0 Å². The zero-order chi connectivity index (χ0) is 15.5. The van der Waals surface area contributed by atoms with E-state index in [0.29, 0.717) is 5.69 Å². The van der Waals surface area contributed by atoms with Gasteiger partial charge >= 0.3 is 5.97 Å². The SMILES string of the molecule is O=C(O)c1ncn([C@H]2CCCCC[C@@H]2O)c1-c1ccccc1. The number of aliphatic hydroxyl groups excluding tert-OH is 1. The molecule has 1 aromatic carbocycles. The van der Waals surface area contributed by atoms with E-state index >= 15 is 0 Å². The molecule has 0 aliphatic heterocycles. The lowest BCUT2D eigenvalue weighted by Gasteiger charge is -2.24.